The van der Waals surface area contributed by atoms with Crippen LogP contribution in [0.25, 0.3) is 10.8 Å². The van der Waals surface area contributed by atoms with Crippen LogP contribution in [0.2, 0.25) is 5.02 Å². The summed E-state index contributed by atoms with van der Waals surface area (Å²) in [5, 5.41) is 6.79. The first kappa shape index (κ1) is 18.3. The van der Waals surface area contributed by atoms with Crippen molar-refractivity contribution >= 4 is 22.4 Å². The summed E-state index contributed by atoms with van der Waals surface area (Å²) in [4.78, 5) is 2.55. The molecule has 3 aromatic rings. The summed E-state index contributed by atoms with van der Waals surface area (Å²) < 4.78 is 5.74. The van der Waals surface area contributed by atoms with Crippen LogP contribution in [0.15, 0.2) is 60.7 Å². The minimum Gasteiger partial charge on any atom is -0.496 e. The summed E-state index contributed by atoms with van der Waals surface area (Å²) in [6.45, 7) is 4.08. The highest BCUT2D eigenvalue weighted by Crippen LogP contribution is 2.39. The van der Waals surface area contributed by atoms with Crippen molar-refractivity contribution in [2.75, 3.05) is 33.3 Å². The highest BCUT2D eigenvalue weighted by atomic mass is 35.5. The van der Waals surface area contributed by atoms with E-state index in [-0.39, 0.29) is 6.04 Å². The van der Waals surface area contributed by atoms with Crippen molar-refractivity contribution in [2.45, 2.75) is 12.5 Å². The number of hydrogen-bond acceptors (Lipinski definition) is 3. The van der Waals surface area contributed by atoms with Crippen LogP contribution < -0.4 is 10.1 Å². The molecule has 0 radical (unpaired) electrons. The first-order chi connectivity index (χ1) is 13.3. The van der Waals surface area contributed by atoms with Gasteiger partial charge in [0.1, 0.15) is 5.75 Å². The minimum atomic E-state index is 0.102. The minimum absolute atomic E-state index is 0.102. The predicted molar refractivity (Wildman–Crippen MR) is 113 cm³/mol. The molecule has 0 amide bonds. The van der Waals surface area contributed by atoms with Crippen molar-refractivity contribution < 1.29 is 4.74 Å². The smallest absolute Gasteiger partial charge is 0.124 e. The van der Waals surface area contributed by atoms with E-state index in [4.69, 9.17) is 16.3 Å². The van der Waals surface area contributed by atoms with Crippen LogP contribution >= 0.6 is 11.6 Å². The second-order valence-corrected chi connectivity index (χ2v) is 7.43. The van der Waals surface area contributed by atoms with Gasteiger partial charge >= 0.3 is 0 Å². The summed E-state index contributed by atoms with van der Waals surface area (Å²) in [7, 11) is 1.73. The Labute approximate surface area is 165 Å². The molecule has 140 valence electrons. The molecular weight excluding hydrogens is 356 g/mol. The van der Waals surface area contributed by atoms with Gasteiger partial charge in [0, 0.05) is 30.2 Å². The van der Waals surface area contributed by atoms with Gasteiger partial charge in [0.2, 0.25) is 0 Å². The molecule has 4 heteroatoms. The fraction of sp³-hybridized carbons (Fsp3) is 0.304. The van der Waals surface area contributed by atoms with E-state index >= 15 is 0 Å². The number of nitrogens with zero attached hydrogens (tertiary/aromatic N) is 1. The molecule has 0 aliphatic carbocycles. The van der Waals surface area contributed by atoms with E-state index in [9.17, 15) is 0 Å². The molecule has 0 aromatic heterocycles. The molecule has 1 aliphatic rings. The van der Waals surface area contributed by atoms with E-state index in [1.807, 2.05) is 12.1 Å². The highest BCUT2D eigenvalue weighted by Gasteiger charge is 2.27. The summed E-state index contributed by atoms with van der Waals surface area (Å²) in [5.74, 6) is 0.884. The number of fused-ring (bicyclic) bond motifs is 1. The quantitative estimate of drug-likeness (QED) is 0.697. The van der Waals surface area contributed by atoms with Crippen molar-refractivity contribution in [1.29, 1.82) is 0 Å². The van der Waals surface area contributed by atoms with Crippen molar-refractivity contribution in [3.63, 3.8) is 0 Å². The van der Waals surface area contributed by atoms with E-state index in [2.05, 4.69) is 58.7 Å². The van der Waals surface area contributed by atoms with Crippen molar-refractivity contribution in [3.05, 3.63) is 76.8 Å². The van der Waals surface area contributed by atoms with Gasteiger partial charge in [0.25, 0.3) is 0 Å². The number of halogens is 1. The first-order valence-corrected chi connectivity index (χ1v) is 9.91. The fourth-order valence-corrected chi connectivity index (χ4v) is 4.27. The maximum atomic E-state index is 6.41. The third-order valence-electron chi connectivity index (χ3n) is 5.34. The third-order valence-corrected chi connectivity index (χ3v) is 5.58. The number of nitrogens with one attached hydrogen (secondary N) is 1. The molecule has 0 spiro atoms. The van der Waals surface area contributed by atoms with Gasteiger partial charge in [-0.2, -0.15) is 0 Å². The largest absolute Gasteiger partial charge is 0.496 e. The van der Waals surface area contributed by atoms with Gasteiger partial charge in [-0.3, -0.25) is 4.90 Å². The van der Waals surface area contributed by atoms with Gasteiger partial charge in [-0.05, 0) is 47.5 Å². The summed E-state index contributed by atoms with van der Waals surface area (Å²) in [6.07, 6.45) is 1.13. The second-order valence-electron chi connectivity index (χ2n) is 7.00. The van der Waals surface area contributed by atoms with Gasteiger partial charge < -0.3 is 10.1 Å². The van der Waals surface area contributed by atoms with Crippen LogP contribution in [0, 0.1) is 0 Å². The van der Waals surface area contributed by atoms with E-state index in [0.29, 0.717) is 0 Å². The lowest BCUT2D eigenvalue weighted by Crippen LogP contribution is -2.33. The number of hydrogen-bond donors (Lipinski definition) is 1. The topological polar surface area (TPSA) is 24.5 Å². The van der Waals surface area contributed by atoms with Gasteiger partial charge in [0.15, 0.2) is 0 Å². The maximum absolute atomic E-state index is 6.41. The van der Waals surface area contributed by atoms with Crippen LogP contribution in [0.5, 0.6) is 5.75 Å². The second kappa shape index (κ2) is 8.30. The van der Waals surface area contributed by atoms with Crippen molar-refractivity contribution in [2.24, 2.45) is 0 Å². The molecule has 3 nitrogen and oxygen atoms in total. The normalized spacial score (nSPS) is 16.8. The molecule has 27 heavy (non-hydrogen) atoms. The van der Waals surface area contributed by atoms with E-state index in [1.165, 1.54) is 16.3 Å². The Kier molecular flexibility index (Phi) is 5.63. The lowest BCUT2D eigenvalue weighted by Gasteiger charge is -2.33. The zero-order valence-corrected chi connectivity index (χ0v) is 16.4. The summed E-state index contributed by atoms with van der Waals surface area (Å²) in [5.41, 5.74) is 2.43. The lowest BCUT2D eigenvalue weighted by molar-refractivity contribution is 0.237. The fourth-order valence-electron chi connectivity index (χ4n) is 4.09. The summed E-state index contributed by atoms with van der Waals surface area (Å²) >= 11 is 6.41. The van der Waals surface area contributed by atoms with Crippen LogP contribution in [-0.4, -0.2) is 38.2 Å². The molecule has 1 N–H and O–H groups in total. The van der Waals surface area contributed by atoms with Crippen LogP contribution in [0.4, 0.5) is 0 Å². The van der Waals surface area contributed by atoms with E-state index < -0.39 is 0 Å². The molecule has 1 atom stereocenters. The van der Waals surface area contributed by atoms with Crippen LogP contribution in [0.1, 0.15) is 23.6 Å². The Hall–Kier alpha value is -2.07. The average molecular weight is 381 g/mol. The van der Waals surface area contributed by atoms with Gasteiger partial charge in [-0.25, -0.2) is 0 Å². The van der Waals surface area contributed by atoms with Gasteiger partial charge in [-0.15, -0.1) is 0 Å². The Morgan fingerprint density at radius 2 is 1.81 bits per heavy atom. The molecular formula is C23H25ClN2O. The zero-order valence-electron chi connectivity index (χ0n) is 15.6. The van der Waals surface area contributed by atoms with Gasteiger partial charge in [0.05, 0.1) is 13.2 Å². The van der Waals surface area contributed by atoms with E-state index in [1.54, 1.807) is 7.11 Å². The Balaban J connectivity index is 1.92. The molecule has 1 aliphatic heterocycles. The Morgan fingerprint density at radius 3 is 2.70 bits per heavy atom. The molecule has 0 bridgehead atoms. The monoisotopic (exact) mass is 380 g/mol. The molecule has 1 unspecified atom stereocenters. The standard InChI is InChI=1S/C23H25ClN2O/c1-27-22-11-10-18(24)16-21(22)23(26-14-5-12-25-13-15-26)20-9-4-7-17-6-2-3-8-19(17)20/h2-4,6-11,16,23,25H,5,12-15H2,1H3. The first-order valence-electron chi connectivity index (χ1n) is 9.54. The third kappa shape index (κ3) is 3.81. The molecule has 4 rings (SSSR count). The van der Waals surface area contributed by atoms with Crippen LogP contribution in [0.3, 0.4) is 0 Å². The molecule has 1 saturated heterocycles. The predicted octanol–water partition coefficient (Wildman–Crippen LogP) is 4.89. The van der Waals surface area contributed by atoms with Crippen molar-refractivity contribution in [1.82, 2.24) is 10.2 Å². The number of methoxy groups -OCH3 is 1. The van der Waals surface area contributed by atoms with E-state index in [0.717, 1.165) is 48.9 Å². The number of ether oxygens (including phenoxy) is 1. The molecule has 1 fully saturated rings. The Bertz CT molecular complexity index is 914. The maximum Gasteiger partial charge on any atom is 0.124 e. The van der Waals surface area contributed by atoms with Crippen molar-refractivity contribution in [3.8, 4) is 5.75 Å². The lowest BCUT2D eigenvalue weighted by atomic mass is 9.91. The van der Waals surface area contributed by atoms with Crippen LogP contribution in [-0.2, 0) is 0 Å². The Morgan fingerprint density at radius 1 is 0.963 bits per heavy atom. The highest BCUT2D eigenvalue weighted by molar-refractivity contribution is 6.30. The van der Waals surface area contributed by atoms with Gasteiger partial charge in [-0.1, -0.05) is 54.1 Å². The number of rotatable bonds is 4. The SMILES string of the molecule is COc1ccc(Cl)cc1C(c1cccc2ccccc12)N1CCCNCC1. The average Bonchev–Trinajstić information content (AvgIpc) is 2.98. The molecule has 1 heterocycles. The molecule has 0 saturated carbocycles. The molecule has 3 aromatic carbocycles. The zero-order chi connectivity index (χ0) is 18.6. The number of benzene rings is 3. The summed E-state index contributed by atoms with van der Waals surface area (Å²) in [6, 6.07) is 21.2.